The maximum absolute atomic E-state index is 13.1. The van der Waals surface area contributed by atoms with E-state index in [9.17, 15) is 9.50 Å². The third-order valence-electron chi connectivity index (χ3n) is 6.22. The number of hydroxylamine groups is 1. The Balaban J connectivity index is 1.26. The van der Waals surface area contributed by atoms with Gasteiger partial charge in [-0.25, -0.2) is 14.2 Å². The van der Waals surface area contributed by atoms with Crippen molar-refractivity contribution < 1.29 is 19.1 Å². The fourth-order valence-electron chi connectivity index (χ4n) is 4.13. The van der Waals surface area contributed by atoms with Crippen LogP contribution in [0.15, 0.2) is 55.3 Å². The first-order chi connectivity index (χ1) is 16.6. The minimum absolute atomic E-state index is 0.0354. The number of pyridine rings is 1. The number of halogens is 1. The second-order valence-corrected chi connectivity index (χ2v) is 8.58. The lowest BCUT2D eigenvalue weighted by molar-refractivity contribution is -0.184. The molecule has 3 heterocycles. The Labute approximate surface area is 200 Å². The number of aliphatic hydroxyl groups is 1. The molecular weight excluding hydrogens is 435 g/mol. The van der Waals surface area contributed by atoms with Crippen molar-refractivity contribution in [2.45, 2.75) is 31.6 Å². The number of rotatable bonds is 9. The van der Waals surface area contributed by atoms with Gasteiger partial charge >= 0.3 is 0 Å². The van der Waals surface area contributed by atoms with Crippen molar-refractivity contribution in [2.75, 3.05) is 44.3 Å². The number of benzene rings is 1. The summed E-state index contributed by atoms with van der Waals surface area (Å²) >= 11 is 0. The van der Waals surface area contributed by atoms with Gasteiger partial charge < -0.3 is 14.7 Å². The van der Waals surface area contributed by atoms with Crippen molar-refractivity contribution in [3.8, 4) is 0 Å². The number of aromatic nitrogens is 1. The zero-order chi connectivity index (χ0) is 23.8. The van der Waals surface area contributed by atoms with Crippen LogP contribution in [0.2, 0.25) is 0 Å². The average Bonchev–Trinajstić information content (AvgIpc) is 2.90. The van der Waals surface area contributed by atoms with Gasteiger partial charge in [-0.05, 0) is 42.7 Å². The molecule has 2 aliphatic heterocycles. The minimum Gasteiger partial charge on any atom is -0.394 e. The number of piperazine rings is 1. The van der Waals surface area contributed by atoms with E-state index >= 15 is 0 Å². The van der Waals surface area contributed by atoms with Gasteiger partial charge in [-0.15, -0.1) is 0 Å². The first-order valence-corrected chi connectivity index (χ1v) is 11.8. The molecule has 34 heavy (non-hydrogen) atoms. The van der Waals surface area contributed by atoms with Crippen LogP contribution in [0.5, 0.6) is 0 Å². The van der Waals surface area contributed by atoms with Gasteiger partial charge in [-0.2, -0.15) is 0 Å². The SMILES string of the molecule is C=C(NOC1CCCCO1)c1ccc(N2CCN(C(/C=C/c3ccc(F)cc3)CO)CC2)nc1. The number of hydrogen-bond donors (Lipinski definition) is 2. The van der Waals surface area contributed by atoms with Crippen LogP contribution in [-0.2, 0) is 9.57 Å². The van der Waals surface area contributed by atoms with Crippen molar-refractivity contribution >= 4 is 17.6 Å². The van der Waals surface area contributed by atoms with Crippen LogP contribution >= 0.6 is 0 Å². The Morgan fingerprint density at radius 2 is 2.00 bits per heavy atom. The van der Waals surface area contributed by atoms with Gasteiger partial charge in [0, 0.05) is 51.0 Å². The Morgan fingerprint density at radius 3 is 2.65 bits per heavy atom. The fraction of sp³-hybridized carbons (Fsp3) is 0.423. The Morgan fingerprint density at radius 1 is 1.21 bits per heavy atom. The quantitative estimate of drug-likeness (QED) is 0.547. The molecule has 2 fully saturated rings. The minimum atomic E-state index is -0.253. The third-order valence-corrected chi connectivity index (χ3v) is 6.22. The van der Waals surface area contributed by atoms with Crippen LogP contribution in [0.25, 0.3) is 11.8 Å². The molecule has 1 aromatic carbocycles. The molecule has 4 rings (SSSR count). The molecule has 2 aromatic rings. The summed E-state index contributed by atoms with van der Waals surface area (Å²) in [4.78, 5) is 14.7. The zero-order valence-electron chi connectivity index (χ0n) is 19.4. The molecular formula is C26H33FN4O3. The molecule has 0 aliphatic carbocycles. The molecule has 8 heteroatoms. The summed E-state index contributed by atoms with van der Waals surface area (Å²) in [6.45, 7) is 8.05. The topological polar surface area (TPSA) is 70.1 Å². The molecule has 182 valence electrons. The number of anilines is 1. The average molecular weight is 469 g/mol. The fourth-order valence-corrected chi connectivity index (χ4v) is 4.13. The molecule has 0 amide bonds. The predicted octanol–water partition coefficient (Wildman–Crippen LogP) is 3.44. The highest BCUT2D eigenvalue weighted by molar-refractivity contribution is 5.61. The lowest BCUT2D eigenvalue weighted by Crippen LogP contribution is -2.51. The Hall–Kier alpha value is -2.78. The molecule has 2 N–H and O–H groups in total. The Kier molecular flexibility index (Phi) is 8.65. The highest BCUT2D eigenvalue weighted by Gasteiger charge is 2.22. The number of ether oxygens (including phenoxy) is 1. The third kappa shape index (κ3) is 6.64. The largest absolute Gasteiger partial charge is 0.394 e. The number of nitrogens with zero attached hydrogens (tertiary/aromatic N) is 3. The molecule has 1 aromatic heterocycles. The van der Waals surface area contributed by atoms with E-state index in [0.717, 1.165) is 69.0 Å². The highest BCUT2D eigenvalue weighted by atomic mass is 19.1. The predicted molar refractivity (Wildman–Crippen MR) is 131 cm³/mol. The summed E-state index contributed by atoms with van der Waals surface area (Å²) in [5.74, 6) is 0.659. The number of nitrogens with one attached hydrogen (secondary N) is 1. The van der Waals surface area contributed by atoms with Crippen LogP contribution in [0, 0.1) is 5.82 Å². The normalized spacial score (nSPS) is 20.4. The molecule has 0 saturated carbocycles. The molecule has 0 radical (unpaired) electrons. The molecule has 2 aliphatic rings. The smallest absolute Gasteiger partial charge is 0.183 e. The van der Waals surface area contributed by atoms with E-state index < -0.39 is 0 Å². The van der Waals surface area contributed by atoms with E-state index in [0.29, 0.717) is 5.70 Å². The van der Waals surface area contributed by atoms with E-state index in [1.54, 1.807) is 18.3 Å². The van der Waals surface area contributed by atoms with Gasteiger partial charge in [0.1, 0.15) is 11.6 Å². The van der Waals surface area contributed by atoms with Crippen LogP contribution < -0.4 is 10.4 Å². The molecule has 7 nitrogen and oxygen atoms in total. The summed E-state index contributed by atoms with van der Waals surface area (Å²) in [6.07, 6.45) is 8.53. The van der Waals surface area contributed by atoms with Gasteiger partial charge in [-0.3, -0.25) is 10.4 Å². The summed E-state index contributed by atoms with van der Waals surface area (Å²) in [5.41, 5.74) is 5.32. The van der Waals surface area contributed by atoms with Crippen molar-refractivity contribution in [1.82, 2.24) is 15.4 Å². The standard InChI is InChI=1S/C26H33FN4O3/c1-20(29-34-26-4-2-3-17-33-26)22-8-12-25(28-18-22)31-15-13-30(14-16-31)24(19-32)11-7-21-5-9-23(27)10-6-21/h5-12,18,24,26,29,32H,1-4,13-17,19H2/b11-7+. The van der Waals surface area contributed by atoms with Crippen LogP contribution in [0.1, 0.15) is 30.4 Å². The van der Waals surface area contributed by atoms with Gasteiger partial charge in [0.2, 0.25) is 0 Å². The van der Waals surface area contributed by atoms with Crippen molar-refractivity contribution in [3.63, 3.8) is 0 Å². The lowest BCUT2D eigenvalue weighted by atomic mass is 10.1. The first kappa shape index (κ1) is 24.3. The molecule has 0 bridgehead atoms. The maximum Gasteiger partial charge on any atom is 0.183 e. The summed E-state index contributed by atoms with van der Waals surface area (Å²) in [6, 6.07) is 10.2. The van der Waals surface area contributed by atoms with E-state index in [1.807, 2.05) is 24.3 Å². The van der Waals surface area contributed by atoms with E-state index in [1.165, 1.54) is 12.1 Å². The van der Waals surface area contributed by atoms with Crippen molar-refractivity contribution in [1.29, 1.82) is 0 Å². The van der Waals surface area contributed by atoms with Crippen LogP contribution in [0.4, 0.5) is 10.2 Å². The number of hydrogen-bond acceptors (Lipinski definition) is 7. The summed E-state index contributed by atoms with van der Waals surface area (Å²) in [7, 11) is 0. The monoisotopic (exact) mass is 468 g/mol. The summed E-state index contributed by atoms with van der Waals surface area (Å²) in [5, 5.41) is 9.88. The molecule has 0 spiro atoms. The van der Waals surface area contributed by atoms with Crippen LogP contribution in [-0.4, -0.2) is 66.7 Å². The van der Waals surface area contributed by atoms with E-state index in [-0.39, 0.29) is 24.8 Å². The van der Waals surface area contributed by atoms with Crippen LogP contribution in [0.3, 0.4) is 0 Å². The lowest BCUT2D eigenvalue weighted by Gasteiger charge is -2.38. The zero-order valence-corrected chi connectivity index (χ0v) is 19.4. The maximum atomic E-state index is 13.1. The molecule has 2 atom stereocenters. The van der Waals surface area contributed by atoms with Crippen molar-refractivity contribution in [3.05, 3.63) is 72.2 Å². The molecule has 2 saturated heterocycles. The second-order valence-electron chi connectivity index (χ2n) is 8.58. The highest BCUT2D eigenvalue weighted by Crippen LogP contribution is 2.19. The first-order valence-electron chi connectivity index (χ1n) is 11.8. The molecule has 2 unspecified atom stereocenters. The van der Waals surface area contributed by atoms with Gasteiger partial charge in [0.05, 0.1) is 18.3 Å². The van der Waals surface area contributed by atoms with Gasteiger partial charge in [0.15, 0.2) is 6.29 Å². The number of aliphatic hydroxyl groups excluding tert-OH is 1. The summed E-state index contributed by atoms with van der Waals surface area (Å²) < 4.78 is 18.6. The Bertz CT molecular complexity index is 938. The van der Waals surface area contributed by atoms with Gasteiger partial charge in [0.25, 0.3) is 0 Å². The second kappa shape index (κ2) is 12.1. The van der Waals surface area contributed by atoms with E-state index in [2.05, 4.69) is 26.8 Å². The van der Waals surface area contributed by atoms with Gasteiger partial charge in [-0.1, -0.05) is 30.9 Å². The van der Waals surface area contributed by atoms with Crippen molar-refractivity contribution in [2.24, 2.45) is 0 Å². The van der Waals surface area contributed by atoms with E-state index in [4.69, 9.17) is 9.57 Å².